The molecule has 0 aliphatic carbocycles. The standard InChI is InChI=1S/C8H19NO/c1-4-9-7-8(2)5-6-10-3/h8-9H,4-7H2,1-3H3. The van der Waals surface area contributed by atoms with Gasteiger partial charge in [0, 0.05) is 13.7 Å². The van der Waals surface area contributed by atoms with Crippen LogP contribution in [0.2, 0.25) is 0 Å². The van der Waals surface area contributed by atoms with Crippen LogP contribution in [0, 0.1) is 5.92 Å². The molecule has 0 fully saturated rings. The zero-order chi connectivity index (χ0) is 7.82. The summed E-state index contributed by atoms with van der Waals surface area (Å²) in [5.41, 5.74) is 0. The van der Waals surface area contributed by atoms with Gasteiger partial charge in [-0.3, -0.25) is 0 Å². The Bertz CT molecular complexity index is 58.3. The number of hydrogen-bond donors (Lipinski definition) is 1. The van der Waals surface area contributed by atoms with Crippen LogP contribution in [0.3, 0.4) is 0 Å². The normalized spacial score (nSPS) is 13.5. The topological polar surface area (TPSA) is 21.3 Å². The van der Waals surface area contributed by atoms with Gasteiger partial charge in [0.15, 0.2) is 0 Å². The van der Waals surface area contributed by atoms with Crippen molar-refractivity contribution >= 4 is 0 Å². The number of ether oxygens (including phenoxy) is 1. The van der Waals surface area contributed by atoms with Gasteiger partial charge >= 0.3 is 0 Å². The van der Waals surface area contributed by atoms with Gasteiger partial charge in [0.2, 0.25) is 0 Å². The molecule has 1 N–H and O–H groups in total. The van der Waals surface area contributed by atoms with Gasteiger partial charge in [0.25, 0.3) is 0 Å². The largest absolute Gasteiger partial charge is 0.385 e. The van der Waals surface area contributed by atoms with Gasteiger partial charge in [0.1, 0.15) is 0 Å². The van der Waals surface area contributed by atoms with Crippen molar-refractivity contribution in [2.45, 2.75) is 20.3 Å². The molecule has 1 atom stereocenters. The number of nitrogens with one attached hydrogen (secondary N) is 1. The van der Waals surface area contributed by atoms with Crippen molar-refractivity contribution < 1.29 is 4.74 Å². The van der Waals surface area contributed by atoms with Crippen molar-refractivity contribution in [2.24, 2.45) is 5.92 Å². The summed E-state index contributed by atoms with van der Waals surface area (Å²) in [5, 5.41) is 3.30. The van der Waals surface area contributed by atoms with Crippen LogP contribution in [0.25, 0.3) is 0 Å². The molecule has 0 aliphatic heterocycles. The van der Waals surface area contributed by atoms with Crippen LogP contribution in [0.1, 0.15) is 20.3 Å². The van der Waals surface area contributed by atoms with Crippen LogP contribution in [0.15, 0.2) is 0 Å². The van der Waals surface area contributed by atoms with Gasteiger partial charge in [-0.15, -0.1) is 0 Å². The molecular formula is C8H19NO. The summed E-state index contributed by atoms with van der Waals surface area (Å²) in [7, 11) is 1.75. The van der Waals surface area contributed by atoms with Crippen LogP contribution in [-0.4, -0.2) is 26.8 Å². The molecule has 0 bridgehead atoms. The number of rotatable bonds is 6. The molecule has 0 aliphatic rings. The lowest BCUT2D eigenvalue weighted by atomic mass is 10.1. The van der Waals surface area contributed by atoms with E-state index in [4.69, 9.17) is 4.74 Å². The predicted molar refractivity (Wildman–Crippen MR) is 44.2 cm³/mol. The fraction of sp³-hybridized carbons (Fsp3) is 1.00. The van der Waals surface area contributed by atoms with Crippen LogP contribution in [-0.2, 0) is 4.74 Å². The van der Waals surface area contributed by atoms with E-state index in [2.05, 4.69) is 19.2 Å². The molecule has 0 radical (unpaired) electrons. The average molecular weight is 145 g/mol. The second kappa shape index (κ2) is 7.03. The maximum atomic E-state index is 4.96. The number of methoxy groups -OCH3 is 1. The van der Waals surface area contributed by atoms with Gasteiger partial charge in [-0.2, -0.15) is 0 Å². The van der Waals surface area contributed by atoms with E-state index in [0.717, 1.165) is 32.0 Å². The summed E-state index contributed by atoms with van der Waals surface area (Å²) in [6.45, 7) is 7.43. The molecule has 0 spiro atoms. The van der Waals surface area contributed by atoms with E-state index < -0.39 is 0 Å². The molecule has 0 saturated heterocycles. The molecule has 2 nitrogen and oxygen atoms in total. The summed E-state index contributed by atoms with van der Waals surface area (Å²) in [6, 6.07) is 0. The maximum Gasteiger partial charge on any atom is 0.0465 e. The Morgan fingerprint density at radius 1 is 1.50 bits per heavy atom. The highest BCUT2D eigenvalue weighted by Gasteiger charge is 1.98. The highest BCUT2D eigenvalue weighted by molar-refractivity contribution is 4.54. The predicted octanol–water partition coefficient (Wildman–Crippen LogP) is 1.27. The Morgan fingerprint density at radius 2 is 2.20 bits per heavy atom. The Labute approximate surface area is 64.0 Å². The van der Waals surface area contributed by atoms with Crippen molar-refractivity contribution in [1.29, 1.82) is 0 Å². The molecule has 10 heavy (non-hydrogen) atoms. The van der Waals surface area contributed by atoms with Gasteiger partial charge in [-0.25, -0.2) is 0 Å². The highest BCUT2D eigenvalue weighted by atomic mass is 16.5. The lowest BCUT2D eigenvalue weighted by molar-refractivity contribution is 0.179. The van der Waals surface area contributed by atoms with Gasteiger partial charge < -0.3 is 10.1 Å². The van der Waals surface area contributed by atoms with Crippen molar-refractivity contribution in [2.75, 3.05) is 26.8 Å². The van der Waals surface area contributed by atoms with E-state index in [1.54, 1.807) is 7.11 Å². The fourth-order valence-corrected chi connectivity index (χ4v) is 0.812. The van der Waals surface area contributed by atoms with Crippen molar-refractivity contribution in [3.63, 3.8) is 0 Å². The zero-order valence-electron chi connectivity index (χ0n) is 7.31. The van der Waals surface area contributed by atoms with E-state index >= 15 is 0 Å². The third-order valence-corrected chi connectivity index (χ3v) is 1.56. The lowest BCUT2D eigenvalue weighted by Crippen LogP contribution is -2.21. The lowest BCUT2D eigenvalue weighted by Gasteiger charge is -2.09. The minimum atomic E-state index is 0.736. The smallest absolute Gasteiger partial charge is 0.0465 e. The van der Waals surface area contributed by atoms with Crippen LogP contribution < -0.4 is 5.32 Å². The second-order valence-corrected chi connectivity index (χ2v) is 2.69. The van der Waals surface area contributed by atoms with Crippen LogP contribution >= 0.6 is 0 Å². The first-order chi connectivity index (χ1) is 4.81. The third kappa shape index (κ3) is 6.05. The average Bonchev–Trinajstić information content (AvgIpc) is 1.97. The molecule has 62 valence electrons. The first-order valence-electron chi connectivity index (χ1n) is 4.00. The van der Waals surface area contributed by atoms with Crippen LogP contribution in [0.4, 0.5) is 0 Å². The Hall–Kier alpha value is -0.0800. The summed E-state index contributed by atoms with van der Waals surface area (Å²) in [5.74, 6) is 0.736. The maximum absolute atomic E-state index is 4.96. The number of hydrogen-bond acceptors (Lipinski definition) is 2. The van der Waals surface area contributed by atoms with Gasteiger partial charge in [0.05, 0.1) is 0 Å². The Balaban J connectivity index is 3.00. The quantitative estimate of drug-likeness (QED) is 0.607. The molecule has 0 saturated carbocycles. The monoisotopic (exact) mass is 145 g/mol. The summed E-state index contributed by atoms with van der Waals surface area (Å²) in [4.78, 5) is 0. The molecule has 0 aromatic carbocycles. The van der Waals surface area contributed by atoms with E-state index in [1.165, 1.54) is 0 Å². The van der Waals surface area contributed by atoms with E-state index in [1.807, 2.05) is 0 Å². The van der Waals surface area contributed by atoms with E-state index in [-0.39, 0.29) is 0 Å². The van der Waals surface area contributed by atoms with Crippen LogP contribution in [0.5, 0.6) is 0 Å². The van der Waals surface area contributed by atoms with Crippen molar-refractivity contribution in [3.8, 4) is 0 Å². The fourth-order valence-electron chi connectivity index (χ4n) is 0.812. The first kappa shape index (κ1) is 9.92. The Morgan fingerprint density at radius 3 is 2.70 bits per heavy atom. The third-order valence-electron chi connectivity index (χ3n) is 1.56. The summed E-state index contributed by atoms with van der Waals surface area (Å²) < 4.78 is 4.96. The molecular weight excluding hydrogens is 126 g/mol. The molecule has 0 rings (SSSR count). The molecule has 2 heteroatoms. The second-order valence-electron chi connectivity index (χ2n) is 2.69. The molecule has 0 aromatic heterocycles. The summed E-state index contributed by atoms with van der Waals surface area (Å²) in [6.07, 6.45) is 1.16. The Kier molecular flexibility index (Phi) is 6.98. The minimum absolute atomic E-state index is 0.736. The SMILES string of the molecule is CCNCC(C)CCOC. The van der Waals surface area contributed by atoms with Gasteiger partial charge in [-0.1, -0.05) is 13.8 Å². The van der Waals surface area contributed by atoms with Crippen molar-refractivity contribution in [3.05, 3.63) is 0 Å². The molecule has 1 unspecified atom stereocenters. The van der Waals surface area contributed by atoms with Crippen molar-refractivity contribution in [1.82, 2.24) is 5.32 Å². The van der Waals surface area contributed by atoms with E-state index in [9.17, 15) is 0 Å². The molecule has 0 heterocycles. The molecule has 0 amide bonds. The summed E-state index contributed by atoms with van der Waals surface area (Å²) >= 11 is 0. The highest BCUT2D eigenvalue weighted by Crippen LogP contribution is 1.98. The zero-order valence-corrected chi connectivity index (χ0v) is 7.31. The minimum Gasteiger partial charge on any atom is -0.385 e. The van der Waals surface area contributed by atoms with Gasteiger partial charge in [-0.05, 0) is 25.4 Å². The molecule has 0 aromatic rings. The first-order valence-corrected chi connectivity index (χ1v) is 4.00. The van der Waals surface area contributed by atoms with E-state index in [0.29, 0.717) is 0 Å².